The van der Waals surface area contributed by atoms with E-state index in [1.807, 2.05) is 0 Å². The van der Waals surface area contributed by atoms with Crippen molar-refractivity contribution in [1.82, 2.24) is 9.97 Å². The lowest BCUT2D eigenvalue weighted by atomic mass is 10.1. The van der Waals surface area contributed by atoms with E-state index in [4.69, 9.17) is 9.88 Å². The van der Waals surface area contributed by atoms with E-state index < -0.39 is 50.7 Å². The third-order valence-electron chi connectivity index (χ3n) is 4.77. The Bertz CT molecular complexity index is 1370. The highest BCUT2D eigenvalue weighted by Gasteiger charge is 2.31. The van der Waals surface area contributed by atoms with Crippen molar-refractivity contribution in [2.75, 3.05) is 12.0 Å². The first kappa shape index (κ1) is 21.5. The van der Waals surface area contributed by atoms with Gasteiger partial charge in [0.2, 0.25) is 10.0 Å². The summed E-state index contributed by atoms with van der Waals surface area (Å²) in [4.78, 5) is 32.7. The fourth-order valence-corrected chi connectivity index (χ4v) is 3.79. The van der Waals surface area contributed by atoms with Crippen LogP contribution >= 0.6 is 0 Å². The Kier molecular flexibility index (Phi) is 5.22. The highest BCUT2D eigenvalue weighted by atomic mass is 32.2. The van der Waals surface area contributed by atoms with E-state index in [-0.39, 0.29) is 23.6 Å². The molecule has 1 aliphatic heterocycles. The van der Waals surface area contributed by atoms with Gasteiger partial charge in [0.25, 0.3) is 0 Å². The lowest BCUT2D eigenvalue weighted by Crippen LogP contribution is -2.36. The number of nitrogens with zero attached hydrogens (tertiary/aromatic N) is 3. The summed E-state index contributed by atoms with van der Waals surface area (Å²) < 4.78 is 61.7. The van der Waals surface area contributed by atoms with Crippen molar-refractivity contribution in [2.24, 2.45) is 5.14 Å². The molecule has 0 saturated heterocycles. The number of fused-ring (bicyclic) bond motifs is 3. The quantitative estimate of drug-likeness (QED) is 0.578. The Morgan fingerprint density at radius 3 is 2.59 bits per heavy atom. The van der Waals surface area contributed by atoms with Crippen LogP contribution in [0, 0.1) is 11.6 Å². The molecule has 3 heterocycles. The van der Waals surface area contributed by atoms with Gasteiger partial charge in [-0.15, -0.1) is 0 Å². The molecule has 1 aliphatic rings. The van der Waals surface area contributed by atoms with Gasteiger partial charge in [-0.05, 0) is 24.3 Å². The van der Waals surface area contributed by atoms with Gasteiger partial charge in [0.05, 0.1) is 24.2 Å². The first-order chi connectivity index (χ1) is 15.1. The molecule has 10 nitrogen and oxygen atoms in total. The van der Waals surface area contributed by atoms with Gasteiger partial charge >= 0.3 is 12.1 Å². The van der Waals surface area contributed by atoms with E-state index in [0.717, 1.165) is 4.90 Å². The second-order valence-corrected chi connectivity index (χ2v) is 8.30. The number of nitrogens with two attached hydrogens (primary N) is 1. The standard InChI is InChI=1S/C19H14F2N4O6S/c1-30-18(26)15-3-2-11-16-9(6-23-17(11)24-15)8-31-19(27)25(16)7-12-13(20)4-10(5-14(12)21)32(22,28)29/h2-6H,7-8H2,1H3,(H2,22,28,29). The molecule has 0 spiro atoms. The van der Waals surface area contributed by atoms with E-state index >= 15 is 0 Å². The number of hydrogen-bond acceptors (Lipinski definition) is 8. The smallest absolute Gasteiger partial charge is 0.414 e. The first-order valence-electron chi connectivity index (χ1n) is 8.92. The summed E-state index contributed by atoms with van der Waals surface area (Å²) in [6.07, 6.45) is 0.471. The van der Waals surface area contributed by atoms with E-state index in [1.165, 1.54) is 25.4 Å². The zero-order chi connectivity index (χ0) is 23.2. The van der Waals surface area contributed by atoms with Gasteiger partial charge in [-0.1, -0.05) is 0 Å². The van der Waals surface area contributed by atoms with Crippen LogP contribution < -0.4 is 10.0 Å². The summed E-state index contributed by atoms with van der Waals surface area (Å²) in [6.45, 7) is -0.756. The number of pyridine rings is 2. The molecule has 0 atom stereocenters. The van der Waals surface area contributed by atoms with E-state index in [0.29, 0.717) is 23.1 Å². The fraction of sp³-hybridized carbons (Fsp3) is 0.158. The molecular formula is C19H14F2N4O6S. The molecule has 4 rings (SSSR count). The molecule has 0 fully saturated rings. The molecule has 2 N–H and O–H groups in total. The van der Waals surface area contributed by atoms with Crippen LogP contribution in [-0.4, -0.2) is 37.6 Å². The molecule has 2 aromatic heterocycles. The number of halogens is 2. The van der Waals surface area contributed by atoms with Gasteiger partial charge < -0.3 is 9.47 Å². The predicted molar refractivity (Wildman–Crippen MR) is 105 cm³/mol. The number of hydrogen-bond donors (Lipinski definition) is 1. The van der Waals surface area contributed by atoms with Gasteiger partial charge in [-0.3, -0.25) is 4.90 Å². The molecule has 0 saturated carbocycles. The maximum absolute atomic E-state index is 14.6. The number of aromatic nitrogens is 2. The molecule has 1 aromatic carbocycles. The number of sulfonamides is 1. The minimum Gasteiger partial charge on any atom is -0.464 e. The molecule has 166 valence electrons. The number of methoxy groups -OCH3 is 1. The van der Waals surface area contributed by atoms with Crippen LogP contribution in [0.25, 0.3) is 11.0 Å². The van der Waals surface area contributed by atoms with Crippen molar-refractivity contribution in [3.63, 3.8) is 0 Å². The topological polar surface area (TPSA) is 142 Å². The molecule has 3 aromatic rings. The number of primary sulfonamides is 1. The van der Waals surface area contributed by atoms with E-state index in [9.17, 15) is 26.8 Å². The van der Waals surface area contributed by atoms with Crippen LogP contribution in [0.3, 0.4) is 0 Å². The number of benzene rings is 1. The Morgan fingerprint density at radius 2 is 1.97 bits per heavy atom. The van der Waals surface area contributed by atoms with Gasteiger partial charge in [0.1, 0.15) is 18.2 Å². The Morgan fingerprint density at radius 1 is 1.28 bits per heavy atom. The summed E-state index contributed by atoms with van der Waals surface area (Å²) in [5, 5.41) is 5.25. The fourth-order valence-electron chi connectivity index (χ4n) is 3.25. The Balaban J connectivity index is 1.83. The average Bonchev–Trinajstić information content (AvgIpc) is 2.75. The highest BCUT2D eigenvalue weighted by Crippen LogP contribution is 2.35. The van der Waals surface area contributed by atoms with Crippen LogP contribution in [0.4, 0.5) is 19.3 Å². The maximum atomic E-state index is 14.6. The second kappa shape index (κ2) is 7.76. The van der Waals surface area contributed by atoms with E-state index in [1.54, 1.807) is 0 Å². The highest BCUT2D eigenvalue weighted by molar-refractivity contribution is 7.89. The van der Waals surface area contributed by atoms with Crippen molar-refractivity contribution < 1.29 is 36.3 Å². The van der Waals surface area contributed by atoms with Crippen molar-refractivity contribution >= 4 is 38.8 Å². The van der Waals surface area contributed by atoms with Crippen molar-refractivity contribution in [3.8, 4) is 0 Å². The molecule has 32 heavy (non-hydrogen) atoms. The second-order valence-electron chi connectivity index (χ2n) is 6.74. The Labute approximate surface area is 179 Å². The van der Waals surface area contributed by atoms with Crippen LogP contribution in [0.5, 0.6) is 0 Å². The molecule has 0 radical (unpaired) electrons. The number of rotatable bonds is 4. The average molecular weight is 464 g/mol. The molecule has 1 amide bonds. The zero-order valence-corrected chi connectivity index (χ0v) is 17.2. The predicted octanol–water partition coefficient (Wildman–Crippen LogP) is 2.00. The van der Waals surface area contributed by atoms with Gasteiger partial charge in [0.15, 0.2) is 11.3 Å². The van der Waals surface area contributed by atoms with E-state index in [2.05, 4.69) is 14.7 Å². The molecule has 0 aliphatic carbocycles. The SMILES string of the molecule is COC(=O)c1ccc2c3c(cnc2n1)COC(=O)N3Cc1c(F)cc(S(N)(=O)=O)cc1F. The molecule has 0 bridgehead atoms. The summed E-state index contributed by atoms with van der Waals surface area (Å²) >= 11 is 0. The summed E-state index contributed by atoms with van der Waals surface area (Å²) in [5.74, 6) is -3.11. The molecule has 0 unspecified atom stereocenters. The lowest BCUT2D eigenvalue weighted by Gasteiger charge is -2.30. The monoisotopic (exact) mass is 464 g/mol. The number of carbonyl (C=O) groups excluding carboxylic acids is 2. The summed E-state index contributed by atoms with van der Waals surface area (Å²) in [6, 6.07) is 3.97. The number of ether oxygens (including phenoxy) is 2. The third-order valence-corrected chi connectivity index (χ3v) is 5.67. The zero-order valence-electron chi connectivity index (χ0n) is 16.3. The minimum atomic E-state index is -4.34. The van der Waals surface area contributed by atoms with Crippen molar-refractivity contribution in [2.45, 2.75) is 18.0 Å². The summed E-state index contributed by atoms with van der Waals surface area (Å²) in [5.41, 5.74) is 0.174. The minimum absolute atomic E-state index is 0.0203. The number of carbonyl (C=O) groups is 2. The van der Waals surface area contributed by atoms with Crippen molar-refractivity contribution in [3.05, 3.63) is 58.9 Å². The largest absolute Gasteiger partial charge is 0.464 e. The maximum Gasteiger partial charge on any atom is 0.414 e. The van der Waals surface area contributed by atoms with Gasteiger partial charge in [-0.2, -0.15) is 0 Å². The van der Waals surface area contributed by atoms with Crippen molar-refractivity contribution in [1.29, 1.82) is 0 Å². The number of amides is 1. The third kappa shape index (κ3) is 3.71. The van der Waals surface area contributed by atoms with Gasteiger partial charge in [0, 0.05) is 22.7 Å². The van der Waals surface area contributed by atoms with Crippen LogP contribution in [0.15, 0.2) is 35.4 Å². The molecule has 13 heteroatoms. The number of esters is 1. The van der Waals surface area contributed by atoms with Crippen LogP contribution in [0.2, 0.25) is 0 Å². The molecular weight excluding hydrogens is 450 g/mol. The van der Waals surface area contributed by atoms with Crippen LogP contribution in [0.1, 0.15) is 21.6 Å². The lowest BCUT2D eigenvalue weighted by molar-refractivity contribution is 0.0594. The Hall–Kier alpha value is -3.71. The van der Waals surface area contributed by atoms with Gasteiger partial charge in [-0.25, -0.2) is 41.9 Å². The number of anilines is 1. The van der Waals surface area contributed by atoms with Crippen LogP contribution in [-0.2, 0) is 32.6 Å². The summed E-state index contributed by atoms with van der Waals surface area (Å²) in [7, 11) is -3.15. The normalized spacial score (nSPS) is 13.6. The first-order valence-corrected chi connectivity index (χ1v) is 10.5. The number of cyclic esters (lactones) is 1.